The van der Waals surface area contributed by atoms with Crippen LogP contribution < -0.4 is 4.90 Å². The maximum Gasteiger partial charge on any atom is 0.416 e. The molecule has 0 aliphatic carbocycles. The monoisotopic (exact) mass is 387 g/mol. The average Bonchev–Trinajstić information content (AvgIpc) is 3.04. The van der Waals surface area contributed by atoms with Crippen LogP contribution in [0.1, 0.15) is 15.9 Å². The van der Waals surface area contributed by atoms with E-state index in [0.29, 0.717) is 37.4 Å². The molecule has 1 aliphatic heterocycles. The lowest BCUT2D eigenvalue weighted by Gasteiger charge is -2.36. The predicted molar refractivity (Wildman–Crippen MR) is 102 cm³/mol. The highest BCUT2D eigenvalue weighted by Gasteiger charge is 2.31. The second-order valence-electron chi connectivity index (χ2n) is 7.00. The first-order valence-electron chi connectivity index (χ1n) is 9.10. The maximum atomic E-state index is 13.0. The SMILES string of the molecule is Cn1cc(C(=O)N2CCN(c3cccc(C(F)(F)F)c3)CC2)c2ccccc21. The Hall–Kier alpha value is -2.96. The zero-order valence-corrected chi connectivity index (χ0v) is 15.4. The number of benzene rings is 2. The molecule has 4 rings (SSSR count). The van der Waals surface area contributed by atoms with Gasteiger partial charge in [-0.1, -0.05) is 24.3 Å². The van der Waals surface area contributed by atoms with Crippen molar-refractivity contribution in [3.05, 3.63) is 65.9 Å². The number of carbonyl (C=O) groups excluding carboxylic acids is 1. The van der Waals surface area contributed by atoms with Gasteiger partial charge in [-0.2, -0.15) is 13.2 Å². The molecule has 3 aromatic rings. The predicted octanol–water partition coefficient (Wildman–Crippen LogP) is 4.16. The van der Waals surface area contributed by atoms with E-state index in [2.05, 4.69) is 0 Å². The number of alkyl halides is 3. The standard InChI is InChI=1S/C21H20F3N3O/c1-25-14-18(17-7-2-3-8-19(17)25)20(28)27-11-9-26(10-12-27)16-6-4-5-15(13-16)21(22,23)24/h2-8,13-14H,9-12H2,1H3. The zero-order valence-electron chi connectivity index (χ0n) is 15.4. The normalized spacial score (nSPS) is 15.3. The number of halogens is 3. The third-order valence-corrected chi connectivity index (χ3v) is 5.23. The Morgan fingerprint density at radius 2 is 1.68 bits per heavy atom. The van der Waals surface area contributed by atoms with Gasteiger partial charge in [-0.15, -0.1) is 0 Å². The molecule has 0 atom stereocenters. The molecule has 1 aliphatic rings. The van der Waals surface area contributed by atoms with Gasteiger partial charge in [0.25, 0.3) is 5.91 Å². The Bertz CT molecular complexity index is 1020. The van der Waals surface area contributed by atoms with Crippen LogP contribution in [0.25, 0.3) is 10.9 Å². The fourth-order valence-corrected chi connectivity index (χ4v) is 3.73. The third kappa shape index (κ3) is 3.32. The van der Waals surface area contributed by atoms with E-state index in [-0.39, 0.29) is 5.91 Å². The largest absolute Gasteiger partial charge is 0.416 e. The third-order valence-electron chi connectivity index (χ3n) is 5.23. The highest BCUT2D eigenvalue weighted by atomic mass is 19.4. The second-order valence-corrected chi connectivity index (χ2v) is 7.00. The van der Waals surface area contributed by atoms with E-state index in [4.69, 9.17) is 0 Å². The molecular formula is C21H20F3N3O. The minimum Gasteiger partial charge on any atom is -0.368 e. The van der Waals surface area contributed by atoms with Crippen LogP contribution in [-0.4, -0.2) is 41.6 Å². The van der Waals surface area contributed by atoms with E-state index in [9.17, 15) is 18.0 Å². The number of piperazine rings is 1. The van der Waals surface area contributed by atoms with Gasteiger partial charge < -0.3 is 14.4 Å². The summed E-state index contributed by atoms with van der Waals surface area (Å²) in [7, 11) is 1.91. The summed E-state index contributed by atoms with van der Waals surface area (Å²) in [4.78, 5) is 16.7. The Labute approximate surface area is 160 Å². The van der Waals surface area contributed by atoms with Crippen LogP contribution in [0, 0.1) is 0 Å². The summed E-state index contributed by atoms with van der Waals surface area (Å²) in [6.07, 6.45) is -2.52. The highest BCUT2D eigenvalue weighted by Crippen LogP contribution is 2.32. The van der Waals surface area contributed by atoms with Crippen LogP contribution in [0.5, 0.6) is 0 Å². The molecule has 0 N–H and O–H groups in total. The molecule has 4 nitrogen and oxygen atoms in total. The van der Waals surface area contributed by atoms with E-state index >= 15 is 0 Å². The smallest absolute Gasteiger partial charge is 0.368 e. The van der Waals surface area contributed by atoms with Crippen LogP contribution in [0.3, 0.4) is 0 Å². The van der Waals surface area contributed by atoms with Gasteiger partial charge in [0.15, 0.2) is 0 Å². The first kappa shape index (κ1) is 18.4. The van der Waals surface area contributed by atoms with Crippen molar-refractivity contribution < 1.29 is 18.0 Å². The van der Waals surface area contributed by atoms with Crippen molar-refractivity contribution in [3.63, 3.8) is 0 Å². The molecule has 0 unspecified atom stereocenters. The Morgan fingerprint density at radius 1 is 0.964 bits per heavy atom. The number of nitrogens with zero attached hydrogens (tertiary/aromatic N) is 3. The maximum absolute atomic E-state index is 13.0. The van der Waals surface area contributed by atoms with Crippen molar-refractivity contribution in [2.75, 3.05) is 31.1 Å². The van der Waals surface area contributed by atoms with Crippen LogP contribution >= 0.6 is 0 Å². The zero-order chi connectivity index (χ0) is 19.9. The van der Waals surface area contributed by atoms with E-state index in [1.807, 2.05) is 47.0 Å². The van der Waals surface area contributed by atoms with Crippen molar-refractivity contribution in [3.8, 4) is 0 Å². The topological polar surface area (TPSA) is 28.5 Å². The molecule has 2 heterocycles. The number of carbonyl (C=O) groups is 1. The highest BCUT2D eigenvalue weighted by molar-refractivity contribution is 6.07. The number of rotatable bonds is 2. The number of fused-ring (bicyclic) bond motifs is 1. The van der Waals surface area contributed by atoms with Crippen LogP contribution in [-0.2, 0) is 13.2 Å². The van der Waals surface area contributed by atoms with Crippen molar-refractivity contribution in [1.82, 2.24) is 9.47 Å². The van der Waals surface area contributed by atoms with Gasteiger partial charge in [0, 0.05) is 56.0 Å². The number of hydrogen-bond acceptors (Lipinski definition) is 2. The summed E-state index contributed by atoms with van der Waals surface area (Å²) < 4.78 is 40.8. The van der Waals surface area contributed by atoms with Crippen molar-refractivity contribution >= 4 is 22.5 Å². The van der Waals surface area contributed by atoms with Gasteiger partial charge in [0.2, 0.25) is 0 Å². The number of anilines is 1. The molecule has 0 bridgehead atoms. The number of aromatic nitrogens is 1. The van der Waals surface area contributed by atoms with Crippen LogP contribution in [0.2, 0.25) is 0 Å². The second kappa shape index (κ2) is 6.89. The van der Waals surface area contributed by atoms with Crippen molar-refractivity contribution in [2.24, 2.45) is 7.05 Å². The molecule has 146 valence electrons. The van der Waals surface area contributed by atoms with Gasteiger partial charge in [0.05, 0.1) is 11.1 Å². The van der Waals surface area contributed by atoms with Crippen LogP contribution in [0.4, 0.5) is 18.9 Å². The molecule has 1 saturated heterocycles. The lowest BCUT2D eigenvalue weighted by Crippen LogP contribution is -2.48. The quantitative estimate of drug-likeness (QED) is 0.661. The fourth-order valence-electron chi connectivity index (χ4n) is 3.73. The van der Waals surface area contributed by atoms with Crippen molar-refractivity contribution in [2.45, 2.75) is 6.18 Å². The lowest BCUT2D eigenvalue weighted by molar-refractivity contribution is -0.137. The number of aryl methyl sites for hydroxylation is 1. The van der Waals surface area contributed by atoms with Gasteiger partial charge in [-0.3, -0.25) is 4.79 Å². The Kier molecular flexibility index (Phi) is 4.53. The molecule has 0 spiro atoms. The molecule has 7 heteroatoms. The van der Waals surface area contributed by atoms with E-state index in [1.165, 1.54) is 12.1 Å². The summed E-state index contributed by atoms with van der Waals surface area (Å²) in [5, 5.41) is 0.912. The first-order chi connectivity index (χ1) is 13.3. The molecule has 2 aromatic carbocycles. The first-order valence-corrected chi connectivity index (χ1v) is 9.10. The lowest BCUT2D eigenvalue weighted by atomic mass is 10.1. The van der Waals surface area contributed by atoms with Gasteiger partial charge >= 0.3 is 6.18 Å². The van der Waals surface area contributed by atoms with Gasteiger partial charge in [-0.05, 0) is 24.3 Å². The number of hydrogen-bond donors (Lipinski definition) is 0. The summed E-state index contributed by atoms with van der Waals surface area (Å²) >= 11 is 0. The molecule has 1 fully saturated rings. The minimum absolute atomic E-state index is 0.0412. The Morgan fingerprint density at radius 3 is 2.39 bits per heavy atom. The Balaban J connectivity index is 1.49. The van der Waals surface area contributed by atoms with Crippen LogP contribution in [0.15, 0.2) is 54.7 Å². The molecule has 0 saturated carbocycles. The molecular weight excluding hydrogens is 367 g/mol. The minimum atomic E-state index is -4.36. The number of amides is 1. The summed E-state index contributed by atoms with van der Waals surface area (Å²) in [5.41, 5.74) is 1.53. The van der Waals surface area contributed by atoms with Gasteiger partial charge in [0.1, 0.15) is 0 Å². The fraction of sp³-hybridized carbons (Fsp3) is 0.286. The number of para-hydroxylation sites is 1. The average molecular weight is 387 g/mol. The molecule has 0 radical (unpaired) electrons. The van der Waals surface area contributed by atoms with E-state index in [0.717, 1.165) is 17.0 Å². The van der Waals surface area contributed by atoms with Crippen molar-refractivity contribution in [1.29, 1.82) is 0 Å². The molecule has 28 heavy (non-hydrogen) atoms. The summed E-state index contributed by atoms with van der Waals surface area (Å²) in [5.74, 6) is -0.0412. The van der Waals surface area contributed by atoms with Gasteiger partial charge in [-0.25, -0.2) is 0 Å². The molecule has 1 amide bonds. The summed E-state index contributed by atoms with van der Waals surface area (Å²) in [6.45, 7) is 1.94. The van der Waals surface area contributed by atoms with E-state index < -0.39 is 11.7 Å². The van der Waals surface area contributed by atoms with E-state index in [1.54, 1.807) is 11.0 Å². The molecule has 1 aromatic heterocycles. The summed E-state index contributed by atoms with van der Waals surface area (Å²) in [6, 6.07) is 13.1.